The normalized spacial score (nSPS) is 11.6. The van der Waals surface area contributed by atoms with E-state index in [1.54, 1.807) is 0 Å². The quantitative estimate of drug-likeness (QED) is 0.276. The van der Waals surface area contributed by atoms with Crippen molar-refractivity contribution in [3.8, 4) is 11.3 Å². The molecule has 0 amide bonds. The maximum absolute atomic E-state index is 15.6. The van der Waals surface area contributed by atoms with Crippen LogP contribution in [0, 0.1) is 27.7 Å². The number of pyridine rings is 1. The minimum atomic E-state index is -3.29. The summed E-state index contributed by atoms with van der Waals surface area (Å²) in [5.41, 5.74) is 6.90. The SMILES string of the molecule is Cc1cc(C)cc(P(=O)(c2cc(C)cc(C)c2)c2nc(-c3ccccc3)cc3ccccc23)c1. The van der Waals surface area contributed by atoms with Crippen LogP contribution in [0.5, 0.6) is 0 Å². The number of hydrogen-bond acceptors (Lipinski definition) is 2. The van der Waals surface area contributed by atoms with Crippen LogP contribution in [0.3, 0.4) is 0 Å². The van der Waals surface area contributed by atoms with Crippen molar-refractivity contribution < 1.29 is 4.57 Å². The molecule has 168 valence electrons. The predicted octanol–water partition coefficient (Wildman–Crippen LogP) is 6.77. The molecule has 0 aliphatic rings. The Hall–Kier alpha value is -3.48. The van der Waals surface area contributed by atoms with Gasteiger partial charge in [0.25, 0.3) is 0 Å². The van der Waals surface area contributed by atoms with Crippen molar-refractivity contribution in [3.63, 3.8) is 0 Å². The van der Waals surface area contributed by atoms with Gasteiger partial charge in [-0.1, -0.05) is 89.0 Å². The minimum Gasteiger partial charge on any atom is -0.307 e. The fourth-order valence-corrected chi connectivity index (χ4v) is 7.96. The van der Waals surface area contributed by atoms with E-state index in [2.05, 4.69) is 88.4 Å². The third-order valence-electron chi connectivity index (χ3n) is 6.23. The molecule has 0 saturated carbocycles. The lowest BCUT2D eigenvalue weighted by Crippen LogP contribution is -2.29. The van der Waals surface area contributed by atoms with Crippen molar-refractivity contribution in [1.82, 2.24) is 4.98 Å². The summed E-state index contributed by atoms with van der Waals surface area (Å²) in [5.74, 6) is 0. The number of benzene rings is 4. The monoisotopic (exact) mass is 461 g/mol. The second-order valence-electron chi connectivity index (χ2n) is 9.22. The van der Waals surface area contributed by atoms with Gasteiger partial charge in [-0.15, -0.1) is 0 Å². The van der Waals surface area contributed by atoms with Crippen LogP contribution in [0.4, 0.5) is 0 Å². The molecule has 4 aromatic carbocycles. The Balaban J connectivity index is 1.92. The molecule has 0 N–H and O–H groups in total. The molecule has 5 aromatic rings. The topological polar surface area (TPSA) is 30.0 Å². The highest BCUT2D eigenvalue weighted by atomic mass is 31.2. The summed E-state index contributed by atoms with van der Waals surface area (Å²) < 4.78 is 15.6. The highest BCUT2D eigenvalue weighted by molar-refractivity contribution is 7.85. The van der Waals surface area contributed by atoms with Crippen LogP contribution in [-0.2, 0) is 4.57 Å². The zero-order chi connectivity index (χ0) is 23.9. The minimum absolute atomic E-state index is 0.652. The highest BCUT2D eigenvalue weighted by Crippen LogP contribution is 2.45. The summed E-state index contributed by atoms with van der Waals surface area (Å²) in [7, 11) is -3.29. The summed E-state index contributed by atoms with van der Waals surface area (Å²) in [6, 6.07) is 32.9. The number of nitrogens with zero attached hydrogens (tertiary/aromatic N) is 1. The molecular weight excluding hydrogens is 433 g/mol. The number of aryl methyl sites for hydroxylation is 4. The average molecular weight is 462 g/mol. The average Bonchev–Trinajstić information content (AvgIpc) is 2.82. The van der Waals surface area contributed by atoms with Crippen LogP contribution < -0.4 is 16.0 Å². The number of rotatable bonds is 4. The van der Waals surface area contributed by atoms with Crippen LogP contribution >= 0.6 is 7.14 Å². The van der Waals surface area contributed by atoms with Crippen molar-refractivity contribution >= 4 is 34.0 Å². The Morgan fingerprint density at radius 2 is 1.09 bits per heavy atom. The van der Waals surface area contributed by atoms with Crippen LogP contribution in [0.15, 0.2) is 97.1 Å². The van der Waals surface area contributed by atoms with Gasteiger partial charge in [0, 0.05) is 21.6 Å². The van der Waals surface area contributed by atoms with Crippen molar-refractivity contribution in [2.24, 2.45) is 0 Å². The first-order valence-electron chi connectivity index (χ1n) is 11.6. The van der Waals surface area contributed by atoms with Crippen LogP contribution in [0.1, 0.15) is 22.3 Å². The van der Waals surface area contributed by atoms with E-state index in [9.17, 15) is 0 Å². The number of hydrogen-bond donors (Lipinski definition) is 0. The van der Waals surface area contributed by atoms with Gasteiger partial charge in [-0.2, -0.15) is 0 Å². The third-order valence-corrected chi connectivity index (χ3v) is 9.14. The molecule has 0 aliphatic heterocycles. The summed E-state index contributed by atoms with van der Waals surface area (Å²) >= 11 is 0. The standard InChI is InChI=1S/C31H28NOP/c1-21-14-22(2)17-27(16-21)34(33,28-18-23(3)15-24(4)19-28)31-29-13-9-8-12-26(29)20-30(32-31)25-10-6-5-7-11-25/h5-20H,1-4H3. The first-order valence-corrected chi connectivity index (χ1v) is 13.3. The fraction of sp³-hybridized carbons (Fsp3) is 0.129. The third kappa shape index (κ3) is 4.00. The molecule has 3 heteroatoms. The van der Waals surface area contributed by atoms with Crippen molar-refractivity contribution in [2.45, 2.75) is 27.7 Å². The molecule has 0 saturated heterocycles. The molecule has 0 fully saturated rings. The lowest BCUT2D eigenvalue weighted by molar-refractivity contribution is 0.592. The molecule has 5 rings (SSSR count). The molecule has 0 aliphatic carbocycles. The van der Waals surface area contributed by atoms with Crippen molar-refractivity contribution in [2.75, 3.05) is 0 Å². The molecule has 0 bridgehead atoms. The van der Waals surface area contributed by atoms with Crippen LogP contribution in [0.25, 0.3) is 22.0 Å². The van der Waals surface area contributed by atoms with Gasteiger partial charge in [0.15, 0.2) is 7.14 Å². The van der Waals surface area contributed by atoms with Crippen molar-refractivity contribution in [3.05, 3.63) is 119 Å². The van der Waals surface area contributed by atoms with E-state index < -0.39 is 7.14 Å². The maximum Gasteiger partial charge on any atom is 0.189 e. The van der Waals surface area contributed by atoms with E-state index in [0.717, 1.165) is 54.9 Å². The summed E-state index contributed by atoms with van der Waals surface area (Å²) in [5, 5.41) is 3.64. The molecule has 0 spiro atoms. The van der Waals surface area contributed by atoms with Gasteiger partial charge in [-0.25, -0.2) is 4.98 Å². The van der Waals surface area contributed by atoms with E-state index in [0.29, 0.717) is 5.44 Å². The van der Waals surface area contributed by atoms with Gasteiger partial charge in [0.2, 0.25) is 0 Å². The van der Waals surface area contributed by atoms with Crippen LogP contribution in [-0.4, -0.2) is 4.98 Å². The summed E-state index contributed by atoms with van der Waals surface area (Å²) in [6.45, 7) is 8.26. The lowest BCUT2D eigenvalue weighted by Gasteiger charge is -2.23. The number of fused-ring (bicyclic) bond motifs is 1. The smallest absolute Gasteiger partial charge is 0.189 e. The molecule has 1 aromatic heterocycles. The Labute approximate surface area is 201 Å². The molecule has 34 heavy (non-hydrogen) atoms. The Morgan fingerprint density at radius 1 is 0.588 bits per heavy atom. The first kappa shape index (κ1) is 22.3. The maximum atomic E-state index is 15.6. The van der Waals surface area contributed by atoms with E-state index in [4.69, 9.17) is 4.98 Å². The molecule has 2 nitrogen and oxygen atoms in total. The Morgan fingerprint density at radius 3 is 1.65 bits per heavy atom. The second-order valence-corrected chi connectivity index (χ2v) is 11.9. The highest BCUT2D eigenvalue weighted by Gasteiger charge is 2.34. The van der Waals surface area contributed by atoms with E-state index >= 15 is 4.57 Å². The van der Waals surface area contributed by atoms with Crippen LogP contribution in [0.2, 0.25) is 0 Å². The van der Waals surface area contributed by atoms with E-state index in [1.807, 2.05) is 36.4 Å². The zero-order valence-corrected chi connectivity index (χ0v) is 20.9. The summed E-state index contributed by atoms with van der Waals surface area (Å²) in [6.07, 6.45) is 0. The van der Waals surface area contributed by atoms with Gasteiger partial charge in [0.05, 0.1) is 5.69 Å². The number of aromatic nitrogens is 1. The van der Waals surface area contributed by atoms with Gasteiger partial charge >= 0.3 is 0 Å². The zero-order valence-electron chi connectivity index (χ0n) is 20.0. The molecule has 0 atom stereocenters. The predicted molar refractivity (Wildman–Crippen MR) is 146 cm³/mol. The lowest BCUT2D eigenvalue weighted by atomic mass is 10.1. The second kappa shape index (κ2) is 8.70. The summed E-state index contributed by atoms with van der Waals surface area (Å²) in [4.78, 5) is 5.15. The largest absolute Gasteiger partial charge is 0.307 e. The van der Waals surface area contributed by atoms with E-state index in [1.165, 1.54) is 0 Å². The van der Waals surface area contributed by atoms with Gasteiger partial charge in [-0.05, 0) is 63.4 Å². The van der Waals surface area contributed by atoms with Gasteiger partial charge in [0.1, 0.15) is 5.44 Å². The molecule has 0 radical (unpaired) electrons. The molecule has 0 unspecified atom stereocenters. The Kier molecular flexibility index (Phi) is 5.71. The Bertz CT molecular complexity index is 1470. The fourth-order valence-electron chi connectivity index (χ4n) is 4.84. The van der Waals surface area contributed by atoms with Gasteiger partial charge in [-0.3, -0.25) is 0 Å². The molecule has 1 heterocycles. The molecular formula is C31H28NOP. The van der Waals surface area contributed by atoms with E-state index in [-0.39, 0.29) is 0 Å². The van der Waals surface area contributed by atoms with Gasteiger partial charge < -0.3 is 4.57 Å². The van der Waals surface area contributed by atoms with Crippen molar-refractivity contribution in [1.29, 1.82) is 0 Å². The first-order chi connectivity index (χ1) is 16.3.